The van der Waals surface area contributed by atoms with Gasteiger partial charge in [-0.25, -0.2) is 9.67 Å². The molecule has 40 heavy (non-hydrogen) atoms. The molecule has 10 nitrogen and oxygen atoms in total. The second-order valence-electron chi connectivity index (χ2n) is 12.7. The quantitative estimate of drug-likeness (QED) is 0.507. The Bertz CT molecular complexity index is 1460. The van der Waals surface area contributed by atoms with Crippen molar-refractivity contribution in [2.75, 3.05) is 44.3 Å². The third-order valence-corrected chi connectivity index (χ3v) is 9.82. The van der Waals surface area contributed by atoms with E-state index in [0.29, 0.717) is 37.0 Å². The Morgan fingerprint density at radius 1 is 1.02 bits per heavy atom. The second kappa shape index (κ2) is 9.69. The molecule has 10 heteroatoms. The van der Waals surface area contributed by atoms with E-state index >= 15 is 0 Å². The number of ether oxygens (including phenoxy) is 1. The van der Waals surface area contributed by atoms with Crippen molar-refractivity contribution in [1.82, 2.24) is 24.2 Å². The highest BCUT2D eigenvalue weighted by atomic mass is 16.5. The number of benzene rings is 1. The maximum absolute atomic E-state index is 13.3. The first-order valence-electron chi connectivity index (χ1n) is 14.7. The summed E-state index contributed by atoms with van der Waals surface area (Å²) in [5.41, 5.74) is 1.08. The van der Waals surface area contributed by atoms with Gasteiger partial charge in [0.25, 0.3) is 5.56 Å². The molecule has 2 aromatic heterocycles. The Hall–Kier alpha value is -3.24. The standard InChI is InChI=1S/C30H38N6O4/c1-29(8-9-29)28(38)33-12-10-30(39,11-13-33)19-35-20-31-26-25(27(35)37)16-32-36(26)24-4-2-23(3-5-24)34-17-22(18-34)21-6-14-40-15-7-21/h2-5,16,20-22,39H,6-15,17-19H2,1H3. The fourth-order valence-electron chi connectivity index (χ4n) is 6.65. The average Bonchev–Trinajstić information content (AvgIpc) is 3.55. The first-order chi connectivity index (χ1) is 19.3. The topological polar surface area (TPSA) is 106 Å². The normalized spacial score (nSPS) is 22.9. The minimum absolute atomic E-state index is 0.151. The van der Waals surface area contributed by atoms with Gasteiger partial charge in [0, 0.05) is 50.5 Å². The molecule has 3 aromatic rings. The van der Waals surface area contributed by atoms with Crippen molar-refractivity contribution in [3.63, 3.8) is 0 Å². The van der Waals surface area contributed by atoms with Crippen LogP contribution in [0.25, 0.3) is 16.7 Å². The van der Waals surface area contributed by atoms with Crippen LogP contribution >= 0.6 is 0 Å². The largest absolute Gasteiger partial charge is 0.388 e. The summed E-state index contributed by atoms with van der Waals surface area (Å²) < 4.78 is 8.69. The zero-order chi connectivity index (χ0) is 27.5. The number of aliphatic hydroxyl groups is 1. The summed E-state index contributed by atoms with van der Waals surface area (Å²) in [4.78, 5) is 34.9. The van der Waals surface area contributed by atoms with E-state index in [1.807, 2.05) is 24.0 Å². The molecule has 0 atom stereocenters. The van der Waals surface area contributed by atoms with E-state index in [9.17, 15) is 14.7 Å². The number of fused-ring (bicyclic) bond motifs is 1. The van der Waals surface area contributed by atoms with Crippen molar-refractivity contribution in [2.45, 2.75) is 57.6 Å². The number of anilines is 1. The molecule has 1 amide bonds. The minimum Gasteiger partial charge on any atom is -0.388 e. The molecule has 1 aromatic carbocycles. The number of amides is 1. The molecule has 7 rings (SSSR count). The molecule has 0 radical (unpaired) electrons. The predicted molar refractivity (Wildman–Crippen MR) is 150 cm³/mol. The lowest BCUT2D eigenvalue weighted by Gasteiger charge is -2.46. The van der Waals surface area contributed by atoms with Crippen molar-refractivity contribution >= 4 is 22.6 Å². The molecular formula is C30H38N6O4. The lowest BCUT2D eigenvalue weighted by atomic mass is 9.81. The average molecular weight is 547 g/mol. The molecule has 0 bridgehead atoms. The summed E-state index contributed by atoms with van der Waals surface area (Å²) in [6.45, 7) is 7.17. The van der Waals surface area contributed by atoms with Gasteiger partial charge in [-0.15, -0.1) is 0 Å². The third-order valence-electron chi connectivity index (χ3n) is 9.82. The van der Waals surface area contributed by atoms with Gasteiger partial charge in [-0.2, -0.15) is 5.10 Å². The summed E-state index contributed by atoms with van der Waals surface area (Å²) >= 11 is 0. The molecule has 3 aliphatic heterocycles. The van der Waals surface area contributed by atoms with Crippen LogP contribution in [0.5, 0.6) is 0 Å². The van der Waals surface area contributed by atoms with Crippen molar-refractivity contribution in [3.8, 4) is 5.69 Å². The van der Waals surface area contributed by atoms with Crippen LogP contribution in [0.1, 0.15) is 45.4 Å². The molecule has 1 saturated carbocycles. The lowest BCUT2D eigenvalue weighted by molar-refractivity contribution is -0.141. The SMILES string of the molecule is CC1(C(=O)N2CCC(O)(Cn3cnc4c(cnn4-c4ccc(N5CC(C6CCOCC6)C5)cc4)c3=O)CC2)CC1. The van der Waals surface area contributed by atoms with Crippen LogP contribution in [-0.2, 0) is 16.1 Å². The molecule has 4 aliphatic rings. The van der Waals surface area contributed by atoms with Gasteiger partial charge in [0.2, 0.25) is 5.91 Å². The lowest BCUT2D eigenvalue weighted by Crippen LogP contribution is -2.51. The number of aromatic nitrogens is 4. The summed E-state index contributed by atoms with van der Waals surface area (Å²) in [7, 11) is 0. The van der Waals surface area contributed by atoms with E-state index in [1.165, 1.54) is 29.4 Å². The molecule has 4 fully saturated rings. The fourth-order valence-corrected chi connectivity index (χ4v) is 6.65. The monoisotopic (exact) mass is 546 g/mol. The predicted octanol–water partition coefficient (Wildman–Crippen LogP) is 2.60. The van der Waals surface area contributed by atoms with E-state index in [1.54, 1.807) is 10.9 Å². The molecule has 212 valence electrons. The van der Waals surface area contributed by atoms with Gasteiger partial charge in [-0.1, -0.05) is 6.92 Å². The molecule has 1 N–H and O–H groups in total. The van der Waals surface area contributed by atoms with E-state index < -0.39 is 5.60 Å². The Labute approximate surface area is 233 Å². The van der Waals surface area contributed by atoms with Crippen LogP contribution in [0.15, 0.2) is 41.6 Å². The Morgan fingerprint density at radius 3 is 2.38 bits per heavy atom. The van der Waals surface area contributed by atoms with E-state index in [0.717, 1.165) is 56.7 Å². The van der Waals surface area contributed by atoms with Crippen LogP contribution in [-0.4, -0.2) is 80.2 Å². The number of carbonyl (C=O) groups excluding carboxylic acids is 1. The number of carbonyl (C=O) groups is 1. The summed E-state index contributed by atoms with van der Waals surface area (Å²) in [6.07, 6.45) is 8.20. The van der Waals surface area contributed by atoms with Crippen molar-refractivity contribution in [3.05, 3.63) is 47.1 Å². The van der Waals surface area contributed by atoms with Gasteiger partial charge in [0.15, 0.2) is 5.65 Å². The third kappa shape index (κ3) is 4.60. The van der Waals surface area contributed by atoms with E-state index in [4.69, 9.17) is 4.74 Å². The van der Waals surface area contributed by atoms with Gasteiger partial charge in [-0.3, -0.25) is 14.2 Å². The second-order valence-corrected chi connectivity index (χ2v) is 12.7. The van der Waals surface area contributed by atoms with Crippen LogP contribution < -0.4 is 10.5 Å². The summed E-state index contributed by atoms with van der Waals surface area (Å²) in [5.74, 6) is 1.73. The first-order valence-corrected chi connectivity index (χ1v) is 14.7. The number of rotatable bonds is 6. The molecule has 0 unspecified atom stereocenters. The highest BCUT2D eigenvalue weighted by Gasteiger charge is 2.48. The van der Waals surface area contributed by atoms with Crippen molar-refractivity contribution < 1.29 is 14.6 Å². The minimum atomic E-state index is -1.05. The van der Waals surface area contributed by atoms with Crippen LogP contribution in [0.2, 0.25) is 0 Å². The Kier molecular flexibility index (Phi) is 6.23. The number of hydrogen-bond donors (Lipinski definition) is 1. The van der Waals surface area contributed by atoms with Gasteiger partial charge in [0.05, 0.1) is 24.0 Å². The maximum Gasteiger partial charge on any atom is 0.264 e. The van der Waals surface area contributed by atoms with Crippen molar-refractivity contribution in [2.24, 2.45) is 17.3 Å². The zero-order valence-electron chi connectivity index (χ0n) is 23.2. The number of piperidine rings is 1. The Balaban J connectivity index is 1.02. The molecule has 3 saturated heterocycles. The highest BCUT2D eigenvalue weighted by Crippen LogP contribution is 2.47. The van der Waals surface area contributed by atoms with Gasteiger partial charge >= 0.3 is 0 Å². The first kappa shape index (κ1) is 25.7. The fraction of sp³-hybridized carbons (Fsp3) is 0.600. The maximum atomic E-state index is 13.3. The molecule has 1 aliphatic carbocycles. The van der Waals surface area contributed by atoms with Crippen LogP contribution in [0.4, 0.5) is 5.69 Å². The zero-order valence-corrected chi connectivity index (χ0v) is 23.2. The van der Waals surface area contributed by atoms with Crippen molar-refractivity contribution in [1.29, 1.82) is 0 Å². The van der Waals surface area contributed by atoms with Gasteiger partial charge in [0.1, 0.15) is 11.7 Å². The van der Waals surface area contributed by atoms with E-state index in [-0.39, 0.29) is 23.4 Å². The number of hydrogen-bond acceptors (Lipinski definition) is 7. The van der Waals surface area contributed by atoms with Crippen LogP contribution in [0, 0.1) is 17.3 Å². The smallest absolute Gasteiger partial charge is 0.264 e. The van der Waals surface area contributed by atoms with Gasteiger partial charge < -0.3 is 19.6 Å². The highest BCUT2D eigenvalue weighted by molar-refractivity contribution is 5.85. The summed E-state index contributed by atoms with van der Waals surface area (Å²) in [5, 5.41) is 16.2. The Morgan fingerprint density at radius 2 is 1.70 bits per heavy atom. The summed E-state index contributed by atoms with van der Waals surface area (Å²) in [6, 6.07) is 8.27. The number of nitrogens with zero attached hydrogens (tertiary/aromatic N) is 6. The number of likely N-dealkylation sites (tertiary alicyclic amines) is 1. The molecular weight excluding hydrogens is 508 g/mol. The molecule has 5 heterocycles. The van der Waals surface area contributed by atoms with E-state index in [2.05, 4.69) is 27.1 Å². The van der Waals surface area contributed by atoms with Crippen LogP contribution in [0.3, 0.4) is 0 Å². The molecule has 0 spiro atoms. The van der Waals surface area contributed by atoms with Gasteiger partial charge in [-0.05, 0) is 74.6 Å².